The lowest BCUT2D eigenvalue weighted by Gasteiger charge is -2.25. The van der Waals surface area contributed by atoms with Crippen LogP contribution >= 0.6 is 15.9 Å². The molecule has 2 aromatic heterocycles. The smallest absolute Gasteiger partial charge is 0.319 e. The maximum absolute atomic E-state index is 6.58. The Labute approximate surface area is 225 Å². The summed E-state index contributed by atoms with van der Waals surface area (Å²) in [4.78, 5) is 16.2. The number of anilines is 1. The first-order valence-electron chi connectivity index (χ1n) is 12.6. The Morgan fingerprint density at radius 1 is 1.11 bits per heavy atom. The van der Waals surface area contributed by atoms with Crippen LogP contribution in [0.1, 0.15) is 42.6 Å². The van der Waals surface area contributed by atoms with Crippen molar-refractivity contribution in [3.05, 3.63) is 82.1 Å². The number of pyridine rings is 1. The van der Waals surface area contributed by atoms with E-state index in [-0.39, 0.29) is 12.2 Å². The van der Waals surface area contributed by atoms with Crippen LogP contribution in [-0.2, 0) is 11.3 Å². The molecular formula is C29H31BrN4O3. The first-order chi connectivity index (χ1) is 18.0. The number of aromatic nitrogens is 3. The third-order valence-corrected chi connectivity index (χ3v) is 7.52. The molecule has 0 N–H and O–H groups in total. The number of hydrogen-bond donors (Lipinski definition) is 0. The predicted octanol–water partition coefficient (Wildman–Crippen LogP) is 6.43. The van der Waals surface area contributed by atoms with E-state index in [9.17, 15) is 0 Å². The molecular weight excluding hydrogens is 532 g/mol. The molecule has 0 radical (unpaired) electrons. The highest BCUT2D eigenvalue weighted by Crippen LogP contribution is 2.41. The number of rotatable bonds is 8. The molecule has 0 spiro atoms. The van der Waals surface area contributed by atoms with E-state index in [1.165, 1.54) is 0 Å². The van der Waals surface area contributed by atoms with Crippen LogP contribution in [0.4, 0.5) is 5.82 Å². The third-order valence-electron chi connectivity index (χ3n) is 6.53. The minimum absolute atomic E-state index is 0.0178. The molecule has 5 rings (SSSR count). The largest absolute Gasteiger partial charge is 0.483 e. The highest BCUT2D eigenvalue weighted by Gasteiger charge is 2.24. The Hall–Kier alpha value is -3.23. The van der Waals surface area contributed by atoms with Gasteiger partial charge in [0.1, 0.15) is 23.5 Å². The van der Waals surface area contributed by atoms with Gasteiger partial charge in [-0.2, -0.15) is 9.97 Å². The summed E-state index contributed by atoms with van der Waals surface area (Å²) in [6, 6.07) is 16.6. The van der Waals surface area contributed by atoms with Gasteiger partial charge in [0.25, 0.3) is 0 Å². The predicted molar refractivity (Wildman–Crippen MR) is 148 cm³/mol. The number of ether oxygens (including phenoxy) is 3. The van der Waals surface area contributed by atoms with Crippen LogP contribution in [0.25, 0.3) is 10.9 Å². The summed E-state index contributed by atoms with van der Waals surface area (Å²) in [6.07, 6.45) is 5.12. The molecule has 7 nitrogen and oxygen atoms in total. The Morgan fingerprint density at radius 2 is 1.89 bits per heavy atom. The van der Waals surface area contributed by atoms with Gasteiger partial charge in [-0.25, -0.2) is 0 Å². The summed E-state index contributed by atoms with van der Waals surface area (Å²) in [6.45, 7) is 6.11. The highest BCUT2D eigenvalue weighted by atomic mass is 79.9. The van der Waals surface area contributed by atoms with Crippen molar-refractivity contribution in [2.45, 2.75) is 45.4 Å². The van der Waals surface area contributed by atoms with Gasteiger partial charge in [0, 0.05) is 44.2 Å². The highest BCUT2D eigenvalue weighted by molar-refractivity contribution is 9.10. The lowest BCUT2D eigenvalue weighted by molar-refractivity contribution is 0.0219. The van der Waals surface area contributed by atoms with Crippen LogP contribution in [0.2, 0.25) is 0 Å². The Bertz CT molecular complexity index is 1350. The number of hydrogen-bond acceptors (Lipinski definition) is 7. The van der Waals surface area contributed by atoms with Gasteiger partial charge in [-0.3, -0.25) is 4.98 Å². The molecule has 4 aromatic rings. The van der Waals surface area contributed by atoms with Crippen molar-refractivity contribution in [1.82, 2.24) is 15.0 Å². The molecule has 8 heteroatoms. The van der Waals surface area contributed by atoms with E-state index in [1.807, 2.05) is 44.4 Å². The summed E-state index contributed by atoms with van der Waals surface area (Å²) in [5, 5.41) is 0.904. The van der Waals surface area contributed by atoms with Crippen molar-refractivity contribution < 1.29 is 14.2 Å². The molecule has 192 valence electrons. The van der Waals surface area contributed by atoms with Gasteiger partial charge < -0.3 is 19.1 Å². The normalized spacial score (nSPS) is 14.9. The van der Waals surface area contributed by atoms with Crippen molar-refractivity contribution in [3.63, 3.8) is 0 Å². The van der Waals surface area contributed by atoms with E-state index in [2.05, 4.69) is 57.0 Å². The van der Waals surface area contributed by atoms with E-state index >= 15 is 0 Å². The van der Waals surface area contributed by atoms with Crippen molar-refractivity contribution in [3.8, 4) is 11.8 Å². The van der Waals surface area contributed by atoms with Crippen LogP contribution in [0, 0.1) is 6.92 Å². The van der Waals surface area contributed by atoms with Crippen molar-refractivity contribution in [2.75, 3.05) is 25.2 Å². The molecule has 0 bridgehead atoms. The molecule has 3 heterocycles. The number of fused-ring (bicyclic) bond motifs is 1. The second-order valence-corrected chi connectivity index (χ2v) is 10.2. The average molecular weight is 563 g/mol. The minimum Gasteiger partial charge on any atom is -0.483 e. The summed E-state index contributed by atoms with van der Waals surface area (Å²) in [5.74, 6) is 1.46. The first kappa shape index (κ1) is 25.4. The van der Waals surface area contributed by atoms with E-state index < -0.39 is 0 Å². The second kappa shape index (κ2) is 11.4. The van der Waals surface area contributed by atoms with Gasteiger partial charge in [-0.05, 0) is 58.6 Å². The average Bonchev–Trinajstić information content (AvgIpc) is 2.92. The van der Waals surface area contributed by atoms with Gasteiger partial charge in [0.05, 0.1) is 17.7 Å². The van der Waals surface area contributed by atoms with Crippen LogP contribution in [0.3, 0.4) is 0 Å². The molecule has 1 atom stereocenters. The monoisotopic (exact) mass is 562 g/mol. The molecule has 2 aromatic carbocycles. The Kier molecular flexibility index (Phi) is 7.86. The Balaban J connectivity index is 1.60. The maximum Gasteiger partial charge on any atom is 0.319 e. The van der Waals surface area contributed by atoms with Crippen LogP contribution < -0.4 is 14.4 Å². The molecule has 1 aliphatic rings. The van der Waals surface area contributed by atoms with E-state index in [0.29, 0.717) is 37.0 Å². The molecule has 1 unspecified atom stereocenters. The molecule has 37 heavy (non-hydrogen) atoms. The van der Waals surface area contributed by atoms with Crippen molar-refractivity contribution >= 4 is 32.7 Å². The second-order valence-electron chi connectivity index (χ2n) is 9.38. The number of aryl methyl sites for hydroxylation is 1. The van der Waals surface area contributed by atoms with E-state index in [0.717, 1.165) is 45.2 Å². The Morgan fingerprint density at radius 3 is 2.62 bits per heavy atom. The number of nitrogens with zero attached hydrogens (tertiary/aromatic N) is 4. The quantitative estimate of drug-likeness (QED) is 0.245. The topological polar surface area (TPSA) is 69.6 Å². The SMILES string of the molecule is Cc1cc2c(N(C)Cc3cccnc3)nc(OC3CCOCC3)nc2c(OC(C)c2ccccc2)c1Br. The van der Waals surface area contributed by atoms with Crippen LogP contribution in [0.15, 0.2) is 65.4 Å². The van der Waals surface area contributed by atoms with Gasteiger partial charge in [-0.15, -0.1) is 0 Å². The molecule has 1 aliphatic heterocycles. The molecule has 1 saturated heterocycles. The summed E-state index contributed by atoms with van der Waals surface area (Å²) in [7, 11) is 2.03. The number of benzene rings is 2. The third kappa shape index (κ3) is 5.86. The summed E-state index contributed by atoms with van der Waals surface area (Å²) in [5.41, 5.74) is 3.93. The van der Waals surface area contributed by atoms with Gasteiger partial charge >= 0.3 is 6.01 Å². The van der Waals surface area contributed by atoms with Gasteiger partial charge in [-0.1, -0.05) is 36.4 Å². The summed E-state index contributed by atoms with van der Waals surface area (Å²) < 4.78 is 19.3. The summed E-state index contributed by atoms with van der Waals surface area (Å²) >= 11 is 3.78. The molecule has 0 saturated carbocycles. The lowest BCUT2D eigenvalue weighted by atomic mass is 10.1. The maximum atomic E-state index is 6.58. The zero-order valence-electron chi connectivity index (χ0n) is 21.4. The molecule has 1 fully saturated rings. The van der Waals surface area contributed by atoms with Gasteiger partial charge in [0.2, 0.25) is 0 Å². The minimum atomic E-state index is -0.172. The van der Waals surface area contributed by atoms with Crippen LogP contribution in [-0.4, -0.2) is 41.3 Å². The van der Waals surface area contributed by atoms with E-state index in [1.54, 1.807) is 6.20 Å². The molecule has 0 aliphatic carbocycles. The first-order valence-corrected chi connectivity index (χ1v) is 13.4. The van der Waals surface area contributed by atoms with Crippen molar-refractivity contribution in [1.29, 1.82) is 0 Å². The molecule has 0 amide bonds. The fraction of sp³-hybridized carbons (Fsp3) is 0.345. The van der Waals surface area contributed by atoms with E-state index in [4.69, 9.17) is 24.2 Å². The van der Waals surface area contributed by atoms with Crippen LogP contribution in [0.5, 0.6) is 11.8 Å². The van der Waals surface area contributed by atoms with Gasteiger partial charge in [0.15, 0.2) is 5.75 Å². The fourth-order valence-corrected chi connectivity index (χ4v) is 4.91. The van der Waals surface area contributed by atoms with Crippen molar-refractivity contribution in [2.24, 2.45) is 0 Å². The standard InChI is InChI=1S/C29H31BrN4O3/c1-19-16-24-26(27(25(19)30)36-20(2)22-9-5-4-6-10-22)32-29(37-23-11-14-35-15-12-23)33-28(24)34(3)18-21-8-7-13-31-17-21/h4-10,13,16-17,20,23H,11-12,14-15,18H2,1-3H3. The fourth-order valence-electron chi connectivity index (χ4n) is 4.51. The zero-order valence-corrected chi connectivity index (χ0v) is 22.9. The number of halogens is 1. The zero-order chi connectivity index (χ0) is 25.8. The lowest BCUT2D eigenvalue weighted by Crippen LogP contribution is -2.27.